The van der Waals surface area contributed by atoms with Crippen LogP contribution in [0.1, 0.15) is 47.1 Å². The lowest BCUT2D eigenvalue weighted by Gasteiger charge is -2.32. The van der Waals surface area contributed by atoms with Crippen LogP contribution in [0.25, 0.3) is 6.08 Å². The van der Waals surface area contributed by atoms with Crippen LogP contribution in [0.2, 0.25) is 0 Å². The third-order valence-corrected chi connectivity index (χ3v) is 4.35. The minimum Gasteiger partial charge on any atom is -0.398 e. The van der Waals surface area contributed by atoms with Gasteiger partial charge in [-0.15, -0.1) is 0 Å². The Labute approximate surface area is 137 Å². The molecule has 2 rings (SSSR count). The molecule has 2 heterocycles. The predicted molar refractivity (Wildman–Crippen MR) is 90.7 cm³/mol. The number of hydrogen-bond donors (Lipinski definition) is 0. The molecule has 0 amide bonds. The van der Waals surface area contributed by atoms with Gasteiger partial charge in [-0.3, -0.25) is 4.79 Å². The van der Waals surface area contributed by atoms with Gasteiger partial charge in [0.25, 0.3) is 5.56 Å². The molecule has 0 atom stereocenters. The largest absolute Gasteiger partial charge is 0.525 e. The van der Waals surface area contributed by atoms with Gasteiger partial charge in [-0.05, 0) is 51.3 Å². The van der Waals surface area contributed by atoms with Gasteiger partial charge in [0.1, 0.15) is 5.73 Å². The lowest BCUT2D eigenvalue weighted by Crippen LogP contribution is -2.41. The summed E-state index contributed by atoms with van der Waals surface area (Å²) in [5, 5.41) is 0. The van der Waals surface area contributed by atoms with Crippen LogP contribution in [-0.2, 0) is 15.9 Å². The van der Waals surface area contributed by atoms with Crippen molar-refractivity contribution in [1.29, 1.82) is 0 Å². The Bertz CT molecular complexity index is 648. The van der Waals surface area contributed by atoms with Crippen molar-refractivity contribution in [3.8, 4) is 0 Å². The molecule has 1 saturated heterocycles. The van der Waals surface area contributed by atoms with Gasteiger partial charge < -0.3 is 13.9 Å². The van der Waals surface area contributed by atoms with E-state index in [1.807, 2.05) is 41.5 Å². The fourth-order valence-electron chi connectivity index (χ4n) is 2.35. The summed E-state index contributed by atoms with van der Waals surface area (Å²) >= 11 is 0. The van der Waals surface area contributed by atoms with Crippen molar-refractivity contribution in [2.75, 3.05) is 0 Å². The molecule has 1 aromatic heterocycles. The van der Waals surface area contributed by atoms with Crippen molar-refractivity contribution in [1.82, 2.24) is 4.57 Å². The van der Waals surface area contributed by atoms with Gasteiger partial charge in [-0.25, -0.2) is 4.39 Å². The summed E-state index contributed by atoms with van der Waals surface area (Å²) in [5.74, 6) is 0.333. The van der Waals surface area contributed by atoms with Crippen molar-refractivity contribution in [3.63, 3.8) is 0 Å². The zero-order valence-corrected chi connectivity index (χ0v) is 14.7. The zero-order valence-electron chi connectivity index (χ0n) is 14.7. The fraction of sp³-hybridized carbons (Fsp3) is 0.588. The van der Waals surface area contributed by atoms with Crippen LogP contribution in [0, 0.1) is 5.92 Å². The SMILES string of the molecule is CC(C)Cn1cc(C=C(F)B2OC(C)(C)C(C)(C)O2)ccc1=O. The first-order chi connectivity index (χ1) is 10.5. The average molecular weight is 321 g/mol. The lowest BCUT2D eigenvalue weighted by molar-refractivity contribution is 0.00578. The molecule has 1 aliphatic rings. The molecule has 1 aromatic rings. The second-order valence-corrected chi connectivity index (χ2v) is 7.46. The Morgan fingerprint density at radius 1 is 1.26 bits per heavy atom. The standard InChI is InChI=1S/C17H25BFNO3/c1-12(2)10-20-11-13(7-8-15(20)21)9-14(19)18-22-16(3,4)17(5,6)23-18/h7-9,11-12H,10H2,1-6H3. The summed E-state index contributed by atoms with van der Waals surface area (Å²) in [4.78, 5) is 11.8. The number of nitrogens with zero attached hydrogens (tertiary/aromatic N) is 1. The van der Waals surface area contributed by atoms with Gasteiger partial charge >= 0.3 is 7.12 Å². The summed E-state index contributed by atoms with van der Waals surface area (Å²) < 4.78 is 27.5. The van der Waals surface area contributed by atoms with Crippen LogP contribution in [0.15, 0.2) is 28.9 Å². The number of hydrogen-bond acceptors (Lipinski definition) is 3. The van der Waals surface area contributed by atoms with Crippen LogP contribution in [0.3, 0.4) is 0 Å². The smallest absolute Gasteiger partial charge is 0.398 e. The van der Waals surface area contributed by atoms with Crippen LogP contribution in [-0.4, -0.2) is 22.9 Å². The minimum atomic E-state index is -1.02. The first-order valence-electron chi connectivity index (χ1n) is 7.95. The van der Waals surface area contributed by atoms with Gasteiger partial charge in [0.2, 0.25) is 0 Å². The van der Waals surface area contributed by atoms with Crippen molar-refractivity contribution in [2.45, 2.75) is 59.3 Å². The van der Waals surface area contributed by atoms with E-state index in [9.17, 15) is 9.18 Å². The maximum atomic E-state index is 14.5. The highest BCUT2D eigenvalue weighted by Gasteiger charge is 2.53. The van der Waals surface area contributed by atoms with E-state index in [-0.39, 0.29) is 5.56 Å². The maximum Gasteiger partial charge on any atom is 0.525 e. The van der Waals surface area contributed by atoms with Crippen LogP contribution < -0.4 is 5.56 Å². The van der Waals surface area contributed by atoms with Crippen molar-refractivity contribution in [2.24, 2.45) is 5.92 Å². The molecule has 0 radical (unpaired) electrons. The topological polar surface area (TPSA) is 40.5 Å². The van der Waals surface area contributed by atoms with Crippen LogP contribution in [0.4, 0.5) is 4.39 Å². The Morgan fingerprint density at radius 2 is 1.83 bits per heavy atom. The summed E-state index contributed by atoms with van der Waals surface area (Å²) in [6.07, 6.45) is 3.02. The summed E-state index contributed by atoms with van der Waals surface area (Å²) in [6, 6.07) is 3.05. The first kappa shape index (κ1) is 18.0. The summed E-state index contributed by atoms with van der Waals surface area (Å²) in [6.45, 7) is 12.2. The van der Waals surface area contributed by atoms with E-state index in [0.29, 0.717) is 18.0 Å². The van der Waals surface area contributed by atoms with E-state index in [1.54, 1.807) is 16.8 Å². The minimum absolute atomic E-state index is 0.0908. The molecule has 1 fully saturated rings. The molecule has 0 aromatic carbocycles. The molecule has 0 spiro atoms. The molecule has 1 aliphatic heterocycles. The highest BCUT2D eigenvalue weighted by atomic mass is 19.1. The van der Waals surface area contributed by atoms with Crippen LogP contribution in [0.5, 0.6) is 0 Å². The molecule has 0 aliphatic carbocycles. The van der Waals surface area contributed by atoms with E-state index in [4.69, 9.17) is 9.31 Å². The molecule has 0 N–H and O–H groups in total. The van der Waals surface area contributed by atoms with Gasteiger partial charge in [0, 0.05) is 18.8 Å². The molecule has 126 valence electrons. The second kappa shape index (κ2) is 6.25. The average Bonchev–Trinajstić information content (AvgIpc) is 2.62. The number of halogens is 1. The third kappa shape index (κ3) is 3.93. The van der Waals surface area contributed by atoms with Crippen molar-refractivity contribution < 1.29 is 13.7 Å². The summed E-state index contributed by atoms with van der Waals surface area (Å²) in [7, 11) is -1.02. The highest BCUT2D eigenvalue weighted by molar-refractivity contribution is 6.54. The molecular formula is C17H25BFNO3. The van der Waals surface area contributed by atoms with E-state index >= 15 is 0 Å². The third-order valence-electron chi connectivity index (χ3n) is 4.35. The number of pyridine rings is 1. The van der Waals surface area contributed by atoms with E-state index < -0.39 is 24.0 Å². The van der Waals surface area contributed by atoms with Crippen molar-refractivity contribution in [3.05, 3.63) is 40.0 Å². The lowest BCUT2D eigenvalue weighted by atomic mass is 9.87. The van der Waals surface area contributed by atoms with E-state index in [2.05, 4.69) is 0 Å². The molecule has 4 nitrogen and oxygen atoms in total. The van der Waals surface area contributed by atoms with Gasteiger partial charge in [0.05, 0.1) is 11.2 Å². The van der Waals surface area contributed by atoms with Gasteiger partial charge in [-0.1, -0.05) is 13.8 Å². The molecule has 23 heavy (non-hydrogen) atoms. The number of aromatic nitrogens is 1. The van der Waals surface area contributed by atoms with Gasteiger partial charge in [0.15, 0.2) is 0 Å². The first-order valence-corrected chi connectivity index (χ1v) is 7.95. The normalized spacial score (nSPS) is 20.3. The molecule has 0 bridgehead atoms. The Kier molecular flexibility index (Phi) is 4.88. The quantitative estimate of drug-likeness (QED) is 0.798. The van der Waals surface area contributed by atoms with E-state index in [0.717, 1.165) is 0 Å². The molecule has 0 unspecified atom stereocenters. The fourth-order valence-corrected chi connectivity index (χ4v) is 2.35. The summed E-state index contributed by atoms with van der Waals surface area (Å²) in [5.41, 5.74) is -1.15. The zero-order chi connectivity index (χ0) is 17.4. The second-order valence-electron chi connectivity index (χ2n) is 7.46. The Hall–Kier alpha value is -1.40. The van der Waals surface area contributed by atoms with Gasteiger partial charge in [-0.2, -0.15) is 0 Å². The molecular weight excluding hydrogens is 296 g/mol. The van der Waals surface area contributed by atoms with Crippen LogP contribution >= 0.6 is 0 Å². The van der Waals surface area contributed by atoms with E-state index in [1.165, 1.54) is 12.1 Å². The predicted octanol–water partition coefficient (Wildman–Crippen LogP) is 3.45. The Balaban J connectivity index is 2.24. The van der Waals surface area contributed by atoms with Crippen molar-refractivity contribution >= 4 is 13.2 Å². The Morgan fingerprint density at radius 3 is 2.35 bits per heavy atom. The molecule has 6 heteroatoms. The molecule has 0 saturated carbocycles. The number of rotatable bonds is 4. The maximum absolute atomic E-state index is 14.5. The monoisotopic (exact) mass is 321 g/mol. The highest BCUT2D eigenvalue weighted by Crippen LogP contribution is 2.38.